The Kier molecular flexibility index (Phi) is 4.69. The number of methoxy groups -OCH3 is 1. The Morgan fingerprint density at radius 3 is 2.77 bits per heavy atom. The summed E-state index contributed by atoms with van der Waals surface area (Å²) in [5.74, 6) is 0.573. The van der Waals surface area contributed by atoms with Gasteiger partial charge in [-0.3, -0.25) is 9.36 Å². The molecular formula is C18H23N5O3. The molecule has 26 heavy (non-hydrogen) atoms. The number of carbonyl (C=O) groups is 1. The summed E-state index contributed by atoms with van der Waals surface area (Å²) in [5.41, 5.74) is 0.182. The molecule has 0 radical (unpaired) electrons. The van der Waals surface area contributed by atoms with E-state index in [1.807, 2.05) is 17.0 Å². The highest BCUT2D eigenvalue weighted by atomic mass is 16.5. The maximum Gasteiger partial charge on any atom is 0.272 e. The van der Waals surface area contributed by atoms with Gasteiger partial charge in [-0.2, -0.15) is 0 Å². The van der Waals surface area contributed by atoms with E-state index in [9.17, 15) is 4.79 Å². The van der Waals surface area contributed by atoms with Crippen molar-refractivity contribution in [1.29, 1.82) is 0 Å². The average molecular weight is 357 g/mol. The van der Waals surface area contributed by atoms with Crippen LogP contribution in [0, 0.1) is 0 Å². The maximum absolute atomic E-state index is 12.9. The van der Waals surface area contributed by atoms with Crippen LogP contribution in [0.2, 0.25) is 0 Å². The van der Waals surface area contributed by atoms with Crippen LogP contribution in [0.5, 0.6) is 0 Å². The van der Waals surface area contributed by atoms with Crippen molar-refractivity contribution in [3.05, 3.63) is 36.5 Å². The minimum absolute atomic E-state index is 0.0560. The number of carbonyl (C=O) groups excluding carboxylic acids is 1. The highest BCUT2D eigenvalue weighted by Crippen LogP contribution is 2.37. The molecule has 0 aliphatic carbocycles. The lowest BCUT2D eigenvalue weighted by atomic mass is 9.82. The number of rotatable bonds is 3. The highest BCUT2D eigenvalue weighted by molar-refractivity contribution is 5.92. The summed E-state index contributed by atoms with van der Waals surface area (Å²) in [6, 6.07) is 5.40. The molecule has 8 heteroatoms. The third-order valence-corrected chi connectivity index (χ3v) is 5.41. The molecule has 2 aromatic heterocycles. The molecule has 2 aliphatic rings. The van der Waals surface area contributed by atoms with Gasteiger partial charge in [0.15, 0.2) is 0 Å². The smallest absolute Gasteiger partial charge is 0.272 e. The van der Waals surface area contributed by atoms with Crippen LogP contribution in [0.15, 0.2) is 30.9 Å². The highest BCUT2D eigenvalue weighted by Gasteiger charge is 2.45. The number of aromatic nitrogens is 4. The fourth-order valence-electron chi connectivity index (χ4n) is 3.95. The summed E-state index contributed by atoms with van der Waals surface area (Å²) in [6.45, 7) is 2.07. The lowest BCUT2D eigenvalue weighted by Crippen LogP contribution is -2.56. The summed E-state index contributed by atoms with van der Waals surface area (Å²) in [7, 11) is 1.75. The maximum atomic E-state index is 12.9. The number of hydrogen-bond acceptors (Lipinski definition) is 6. The quantitative estimate of drug-likeness (QED) is 0.827. The van der Waals surface area contributed by atoms with Crippen LogP contribution in [0.25, 0.3) is 5.82 Å². The zero-order valence-electron chi connectivity index (χ0n) is 14.9. The van der Waals surface area contributed by atoms with Crippen LogP contribution in [-0.2, 0) is 9.47 Å². The molecule has 4 heterocycles. The van der Waals surface area contributed by atoms with Crippen molar-refractivity contribution in [2.24, 2.45) is 0 Å². The van der Waals surface area contributed by atoms with E-state index in [1.54, 1.807) is 30.4 Å². The van der Waals surface area contributed by atoms with Crippen LogP contribution in [0.1, 0.15) is 36.2 Å². The van der Waals surface area contributed by atoms with Gasteiger partial charge in [-0.1, -0.05) is 6.07 Å². The summed E-state index contributed by atoms with van der Waals surface area (Å²) in [5, 5.41) is 7.56. The second-order valence-corrected chi connectivity index (χ2v) is 6.82. The third-order valence-electron chi connectivity index (χ3n) is 5.41. The number of pyridine rings is 1. The van der Waals surface area contributed by atoms with Crippen molar-refractivity contribution in [1.82, 2.24) is 24.6 Å². The monoisotopic (exact) mass is 357 g/mol. The molecule has 0 aromatic carbocycles. The van der Waals surface area contributed by atoms with E-state index < -0.39 is 0 Å². The molecule has 2 fully saturated rings. The Morgan fingerprint density at radius 2 is 2.04 bits per heavy atom. The van der Waals surface area contributed by atoms with Gasteiger partial charge in [-0.25, -0.2) is 4.98 Å². The number of hydrogen-bond donors (Lipinski definition) is 0. The van der Waals surface area contributed by atoms with Crippen LogP contribution in [0.4, 0.5) is 0 Å². The van der Waals surface area contributed by atoms with Crippen LogP contribution in [-0.4, -0.2) is 69.1 Å². The molecule has 0 bridgehead atoms. The summed E-state index contributed by atoms with van der Waals surface area (Å²) in [4.78, 5) is 19.2. The molecule has 2 saturated heterocycles. The predicted molar refractivity (Wildman–Crippen MR) is 93.0 cm³/mol. The summed E-state index contributed by atoms with van der Waals surface area (Å²) >= 11 is 0. The lowest BCUT2D eigenvalue weighted by molar-refractivity contribution is -0.183. The fraction of sp³-hybridized carbons (Fsp3) is 0.556. The van der Waals surface area contributed by atoms with Crippen molar-refractivity contribution in [2.75, 3.05) is 26.8 Å². The van der Waals surface area contributed by atoms with Crippen LogP contribution in [0.3, 0.4) is 0 Å². The topological polar surface area (TPSA) is 82.4 Å². The Morgan fingerprint density at radius 1 is 1.27 bits per heavy atom. The Bertz CT molecular complexity index is 756. The largest absolute Gasteiger partial charge is 0.378 e. The van der Waals surface area contributed by atoms with E-state index in [2.05, 4.69) is 15.2 Å². The van der Waals surface area contributed by atoms with Gasteiger partial charge in [0.2, 0.25) is 0 Å². The zero-order valence-corrected chi connectivity index (χ0v) is 14.9. The van der Waals surface area contributed by atoms with Crippen LogP contribution < -0.4 is 0 Å². The Labute approximate surface area is 152 Å². The van der Waals surface area contributed by atoms with Crippen LogP contribution >= 0.6 is 0 Å². The van der Waals surface area contributed by atoms with Crippen molar-refractivity contribution < 1.29 is 14.3 Å². The molecule has 4 rings (SSSR count). The van der Waals surface area contributed by atoms with E-state index >= 15 is 0 Å². The molecule has 1 amide bonds. The molecule has 8 nitrogen and oxygen atoms in total. The lowest BCUT2D eigenvalue weighted by Gasteiger charge is -2.47. The van der Waals surface area contributed by atoms with Gasteiger partial charge in [0, 0.05) is 26.8 Å². The SMILES string of the molecule is CO[C@H]1CCCOC12CCN(C(=O)c1cccc(-n3cnnc3)n1)CC2. The first-order valence-electron chi connectivity index (χ1n) is 9.00. The van der Waals surface area contributed by atoms with Gasteiger partial charge in [0.1, 0.15) is 24.2 Å². The van der Waals surface area contributed by atoms with Gasteiger partial charge in [0.25, 0.3) is 5.91 Å². The molecule has 2 aromatic rings. The minimum atomic E-state index is -0.248. The molecule has 2 aliphatic heterocycles. The summed E-state index contributed by atoms with van der Waals surface area (Å²) in [6.07, 6.45) is 6.88. The third kappa shape index (κ3) is 3.10. The molecule has 0 N–H and O–H groups in total. The first-order valence-corrected chi connectivity index (χ1v) is 9.00. The molecule has 0 saturated carbocycles. The zero-order chi connectivity index (χ0) is 18.0. The standard InChI is InChI=1S/C18H23N5O3/c1-25-15-5-3-11-26-18(15)7-9-22(10-8-18)17(24)14-4-2-6-16(21-14)23-12-19-20-13-23/h2,4,6,12-13,15H,3,5,7-11H2,1H3/t15-/m0/s1. The van der Waals surface area contributed by atoms with Gasteiger partial charge >= 0.3 is 0 Å². The Hall–Kier alpha value is -2.32. The van der Waals surface area contributed by atoms with Crippen molar-refractivity contribution in [2.45, 2.75) is 37.4 Å². The molecule has 1 atom stereocenters. The normalized spacial score (nSPS) is 22.5. The molecular weight excluding hydrogens is 334 g/mol. The van der Waals surface area contributed by atoms with Crippen molar-refractivity contribution >= 4 is 5.91 Å². The van der Waals surface area contributed by atoms with Gasteiger partial charge in [-0.05, 0) is 37.8 Å². The first kappa shape index (κ1) is 17.1. The minimum Gasteiger partial charge on any atom is -0.378 e. The van der Waals surface area contributed by atoms with Crippen molar-refractivity contribution in [3.63, 3.8) is 0 Å². The van der Waals surface area contributed by atoms with E-state index in [-0.39, 0.29) is 17.6 Å². The Balaban J connectivity index is 1.46. The second-order valence-electron chi connectivity index (χ2n) is 6.82. The molecule has 0 unspecified atom stereocenters. The van der Waals surface area contributed by atoms with E-state index in [0.717, 1.165) is 32.3 Å². The second kappa shape index (κ2) is 7.13. The van der Waals surface area contributed by atoms with Gasteiger partial charge in [0.05, 0.1) is 11.7 Å². The van der Waals surface area contributed by atoms with E-state index in [4.69, 9.17) is 9.47 Å². The van der Waals surface area contributed by atoms with Gasteiger partial charge in [-0.15, -0.1) is 10.2 Å². The number of amides is 1. The number of ether oxygens (including phenoxy) is 2. The van der Waals surface area contributed by atoms with Gasteiger partial charge < -0.3 is 14.4 Å². The fourth-order valence-corrected chi connectivity index (χ4v) is 3.95. The number of nitrogens with zero attached hydrogens (tertiary/aromatic N) is 5. The molecule has 1 spiro atoms. The summed E-state index contributed by atoms with van der Waals surface area (Å²) < 4.78 is 13.5. The van der Waals surface area contributed by atoms with Crippen molar-refractivity contribution in [3.8, 4) is 5.82 Å². The predicted octanol–water partition coefficient (Wildman–Crippen LogP) is 1.46. The number of piperidine rings is 1. The van der Waals surface area contributed by atoms with E-state index in [1.165, 1.54) is 0 Å². The number of likely N-dealkylation sites (tertiary alicyclic amines) is 1. The average Bonchev–Trinajstić information content (AvgIpc) is 3.23. The van der Waals surface area contributed by atoms with E-state index in [0.29, 0.717) is 24.6 Å². The first-order chi connectivity index (χ1) is 12.7. The molecule has 138 valence electrons.